The van der Waals surface area contributed by atoms with Gasteiger partial charge in [0.15, 0.2) is 0 Å². The van der Waals surface area contributed by atoms with Gasteiger partial charge in [0.1, 0.15) is 5.76 Å². The summed E-state index contributed by atoms with van der Waals surface area (Å²) >= 11 is 1.79. The van der Waals surface area contributed by atoms with Gasteiger partial charge < -0.3 is 9.52 Å². The highest BCUT2D eigenvalue weighted by Gasteiger charge is 2.01. The normalized spacial score (nSPS) is 10.5. The van der Waals surface area contributed by atoms with Crippen LogP contribution in [0.25, 0.3) is 0 Å². The molecule has 0 bridgehead atoms. The monoisotopic (exact) mass is 228 g/mol. The van der Waals surface area contributed by atoms with E-state index in [1.54, 1.807) is 18.0 Å². The van der Waals surface area contributed by atoms with E-state index < -0.39 is 5.97 Å². The first-order valence-corrected chi connectivity index (χ1v) is 6.18. The molecule has 0 atom stereocenters. The molecule has 1 aromatic rings. The lowest BCUT2D eigenvalue weighted by atomic mass is 10.2. The summed E-state index contributed by atoms with van der Waals surface area (Å²) in [6, 6.07) is 1.96. The number of aliphatic carboxylic acids is 1. The molecule has 0 aliphatic rings. The summed E-state index contributed by atoms with van der Waals surface area (Å²) in [5.41, 5.74) is 1.19. The maximum Gasteiger partial charge on any atom is 0.303 e. The Hall–Kier alpha value is -0.900. The standard InChI is InChI=1S/C11H16O3S/c1-9-5-6-14-10(9)8-15-7-3-2-4-11(12)13/h5-6H,2-4,7-8H2,1H3,(H,12,13). The Morgan fingerprint density at radius 1 is 1.53 bits per heavy atom. The molecule has 0 spiro atoms. The van der Waals surface area contributed by atoms with Crippen molar-refractivity contribution in [3.05, 3.63) is 23.7 Å². The molecule has 3 nitrogen and oxygen atoms in total. The molecule has 1 rings (SSSR count). The highest BCUT2D eigenvalue weighted by atomic mass is 32.2. The number of aryl methyl sites for hydroxylation is 1. The summed E-state index contributed by atoms with van der Waals surface area (Å²) in [5, 5.41) is 8.43. The topological polar surface area (TPSA) is 50.4 Å². The number of hydrogen-bond acceptors (Lipinski definition) is 3. The third kappa shape index (κ3) is 4.93. The van der Waals surface area contributed by atoms with Gasteiger partial charge in [-0.25, -0.2) is 0 Å². The molecular weight excluding hydrogens is 212 g/mol. The molecule has 0 aliphatic heterocycles. The molecule has 0 aliphatic carbocycles. The Kier molecular flexibility index (Phi) is 5.32. The van der Waals surface area contributed by atoms with E-state index in [9.17, 15) is 4.79 Å². The van der Waals surface area contributed by atoms with Crippen LogP contribution in [0.3, 0.4) is 0 Å². The summed E-state index contributed by atoms with van der Waals surface area (Å²) in [6.07, 6.45) is 3.70. The van der Waals surface area contributed by atoms with E-state index >= 15 is 0 Å². The number of rotatable bonds is 7. The molecule has 15 heavy (non-hydrogen) atoms. The largest absolute Gasteiger partial charge is 0.481 e. The van der Waals surface area contributed by atoms with Gasteiger partial charge in [0, 0.05) is 6.42 Å². The summed E-state index contributed by atoms with van der Waals surface area (Å²) in [5.74, 6) is 2.19. The zero-order valence-corrected chi connectivity index (χ0v) is 9.68. The minimum Gasteiger partial charge on any atom is -0.481 e. The van der Waals surface area contributed by atoms with Crippen LogP contribution in [0, 0.1) is 6.92 Å². The van der Waals surface area contributed by atoms with Crippen molar-refractivity contribution >= 4 is 17.7 Å². The summed E-state index contributed by atoms with van der Waals surface area (Å²) in [7, 11) is 0. The Labute approximate surface area is 93.9 Å². The fourth-order valence-corrected chi connectivity index (χ4v) is 2.23. The van der Waals surface area contributed by atoms with E-state index in [-0.39, 0.29) is 6.42 Å². The van der Waals surface area contributed by atoms with E-state index in [2.05, 4.69) is 0 Å². The second-order valence-corrected chi connectivity index (χ2v) is 4.54. The molecule has 0 amide bonds. The maximum absolute atomic E-state index is 10.2. The second kappa shape index (κ2) is 6.56. The van der Waals surface area contributed by atoms with Gasteiger partial charge >= 0.3 is 5.97 Å². The highest BCUT2D eigenvalue weighted by Crippen LogP contribution is 2.18. The zero-order chi connectivity index (χ0) is 11.1. The quantitative estimate of drug-likeness (QED) is 0.729. The maximum atomic E-state index is 10.2. The lowest BCUT2D eigenvalue weighted by molar-refractivity contribution is -0.137. The van der Waals surface area contributed by atoms with Crippen LogP contribution >= 0.6 is 11.8 Å². The van der Waals surface area contributed by atoms with Crippen LogP contribution in [0.2, 0.25) is 0 Å². The molecule has 4 heteroatoms. The van der Waals surface area contributed by atoms with Crippen molar-refractivity contribution in [2.75, 3.05) is 5.75 Å². The third-order valence-corrected chi connectivity index (χ3v) is 3.17. The second-order valence-electron chi connectivity index (χ2n) is 3.43. The molecule has 0 radical (unpaired) electrons. The first-order chi connectivity index (χ1) is 7.20. The lowest BCUT2D eigenvalue weighted by Crippen LogP contribution is -1.94. The first-order valence-electron chi connectivity index (χ1n) is 5.02. The third-order valence-electron chi connectivity index (χ3n) is 2.13. The van der Waals surface area contributed by atoms with Crippen LogP contribution in [-0.4, -0.2) is 16.8 Å². The van der Waals surface area contributed by atoms with Crippen molar-refractivity contribution in [1.29, 1.82) is 0 Å². The minimum absolute atomic E-state index is 0.278. The highest BCUT2D eigenvalue weighted by molar-refractivity contribution is 7.98. The molecule has 1 aromatic heterocycles. The van der Waals surface area contributed by atoms with Crippen molar-refractivity contribution in [3.63, 3.8) is 0 Å². The van der Waals surface area contributed by atoms with E-state index in [4.69, 9.17) is 9.52 Å². The van der Waals surface area contributed by atoms with Gasteiger partial charge in [-0.05, 0) is 37.1 Å². The minimum atomic E-state index is -0.707. The van der Waals surface area contributed by atoms with E-state index in [0.717, 1.165) is 30.1 Å². The summed E-state index contributed by atoms with van der Waals surface area (Å²) < 4.78 is 5.29. The molecule has 0 aromatic carbocycles. The smallest absolute Gasteiger partial charge is 0.303 e. The van der Waals surface area contributed by atoms with Crippen LogP contribution in [0.5, 0.6) is 0 Å². The molecule has 1 N–H and O–H groups in total. The number of hydrogen-bond donors (Lipinski definition) is 1. The number of thioether (sulfide) groups is 1. The average molecular weight is 228 g/mol. The number of furan rings is 1. The number of carboxylic acid groups (broad SMARTS) is 1. The van der Waals surface area contributed by atoms with Gasteiger partial charge in [-0.15, -0.1) is 0 Å². The van der Waals surface area contributed by atoms with Crippen molar-refractivity contribution in [3.8, 4) is 0 Å². The van der Waals surface area contributed by atoms with Crippen LogP contribution in [0.1, 0.15) is 30.6 Å². The van der Waals surface area contributed by atoms with Gasteiger partial charge in [-0.2, -0.15) is 11.8 Å². The van der Waals surface area contributed by atoms with Crippen molar-refractivity contribution in [2.45, 2.75) is 31.9 Å². The molecule has 0 fully saturated rings. The van der Waals surface area contributed by atoms with Crippen molar-refractivity contribution in [1.82, 2.24) is 0 Å². The Morgan fingerprint density at radius 3 is 2.93 bits per heavy atom. The zero-order valence-electron chi connectivity index (χ0n) is 8.86. The fraction of sp³-hybridized carbons (Fsp3) is 0.545. The Morgan fingerprint density at radius 2 is 2.33 bits per heavy atom. The first kappa shape index (κ1) is 12.2. The number of unbranched alkanes of at least 4 members (excludes halogenated alkanes) is 1. The van der Waals surface area contributed by atoms with Crippen LogP contribution in [0.4, 0.5) is 0 Å². The fourth-order valence-electron chi connectivity index (χ4n) is 1.20. The van der Waals surface area contributed by atoms with Gasteiger partial charge in [0.2, 0.25) is 0 Å². The van der Waals surface area contributed by atoms with Crippen LogP contribution in [0.15, 0.2) is 16.7 Å². The van der Waals surface area contributed by atoms with Crippen molar-refractivity contribution < 1.29 is 14.3 Å². The van der Waals surface area contributed by atoms with Crippen molar-refractivity contribution in [2.24, 2.45) is 0 Å². The van der Waals surface area contributed by atoms with E-state index in [1.165, 1.54) is 5.56 Å². The summed E-state index contributed by atoms with van der Waals surface area (Å²) in [6.45, 7) is 2.03. The predicted molar refractivity (Wildman–Crippen MR) is 61.1 cm³/mol. The Balaban J connectivity index is 2.03. The van der Waals surface area contributed by atoms with Gasteiger partial charge in [-0.3, -0.25) is 4.79 Å². The van der Waals surface area contributed by atoms with Gasteiger partial charge in [0.25, 0.3) is 0 Å². The molecule has 0 saturated carbocycles. The van der Waals surface area contributed by atoms with Crippen LogP contribution in [-0.2, 0) is 10.5 Å². The lowest BCUT2D eigenvalue weighted by Gasteiger charge is -1.99. The van der Waals surface area contributed by atoms with Crippen LogP contribution < -0.4 is 0 Å². The molecule has 1 heterocycles. The predicted octanol–water partition coefficient (Wildman–Crippen LogP) is 3.08. The molecule has 0 saturated heterocycles. The van der Waals surface area contributed by atoms with Gasteiger partial charge in [-0.1, -0.05) is 0 Å². The number of carboxylic acids is 1. The molecule has 0 unspecified atom stereocenters. The van der Waals surface area contributed by atoms with E-state index in [1.807, 2.05) is 13.0 Å². The number of carbonyl (C=O) groups is 1. The average Bonchev–Trinajstić information content (AvgIpc) is 2.57. The molecular formula is C11H16O3S. The SMILES string of the molecule is Cc1ccoc1CSCCCCC(=O)O. The van der Waals surface area contributed by atoms with E-state index in [0.29, 0.717) is 0 Å². The molecule has 84 valence electrons. The summed E-state index contributed by atoms with van der Waals surface area (Å²) in [4.78, 5) is 10.2. The van der Waals surface area contributed by atoms with Gasteiger partial charge in [0.05, 0.1) is 12.0 Å². The Bertz CT molecular complexity index is 307.